The largest absolute Gasteiger partial charge is 0.408 e. The summed E-state index contributed by atoms with van der Waals surface area (Å²) in [5, 5.41) is 2.48. The Morgan fingerprint density at radius 1 is 1.40 bits per heavy atom. The molecule has 15 heavy (non-hydrogen) atoms. The summed E-state index contributed by atoms with van der Waals surface area (Å²) >= 11 is 1.21. The number of thiophene rings is 1. The molecule has 1 aromatic heterocycles. The van der Waals surface area contributed by atoms with Crippen LogP contribution in [0.2, 0.25) is 0 Å². The molecule has 0 saturated heterocycles. The zero-order valence-corrected chi connectivity index (χ0v) is 9.72. The minimum atomic E-state index is -4.22. The van der Waals surface area contributed by atoms with Gasteiger partial charge in [-0.3, -0.25) is 0 Å². The van der Waals surface area contributed by atoms with Gasteiger partial charge in [-0.05, 0) is 32.0 Å². The highest BCUT2D eigenvalue weighted by atomic mass is 32.1. The molecule has 5 heteroatoms. The second kappa shape index (κ2) is 4.53. The van der Waals surface area contributed by atoms with Crippen LogP contribution in [0.3, 0.4) is 0 Å². The van der Waals surface area contributed by atoms with Crippen molar-refractivity contribution in [3.63, 3.8) is 0 Å². The van der Waals surface area contributed by atoms with Gasteiger partial charge in [-0.1, -0.05) is 6.92 Å². The highest BCUT2D eigenvalue weighted by Crippen LogP contribution is 2.38. The Hall–Kier alpha value is -0.550. The van der Waals surface area contributed by atoms with Crippen LogP contribution in [0.15, 0.2) is 6.07 Å². The molecule has 1 rings (SSSR count). The first-order valence-corrected chi connectivity index (χ1v) is 5.55. The summed E-state index contributed by atoms with van der Waals surface area (Å²) in [6, 6.07) is 0.261. The average molecular weight is 237 g/mol. The molecule has 1 aromatic rings. The average Bonchev–Trinajstić information content (AvgIpc) is 2.39. The van der Waals surface area contributed by atoms with Crippen LogP contribution in [0, 0.1) is 13.8 Å². The smallest absolute Gasteiger partial charge is 0.302 e. The lowest BCUT2D eigenvalue weighted by molar-refractivity contribution is -0.156. The molecule has 1 nitrogen and oxygen atoms in total. The SMILES string of the molecule is CCNC(c1sc(C)cc1C)C(F)(F)F. The zero-order valence-electron chi connectivity index (χ0n) is 8.90. The third kappa shape index (κ3) is 2.95. The van der Waals surface area contributed by atoms with E-state index >= 15 is 0 Å². The summed E-state index contributed by atoms with van der Waals surface area (Å²) < 4.78 is 38.2. The fraction of sp³-hybridized carbons (Fsp3) is 0.600. The van der Waals surface area contributed by atoms with Gasteiger partial charge in [0.05, 0.1) is 0 Å². The van der Waals surface area contributed by atoms with E-state index in [1.165, 1.54) is 11.3 Å². The van der Waals surface area contributed by atoms with Gasteiger partial charge in [0.25, 0.3) is 0 Å². The first-order valence-electron chi connectivity index (χ1n) is 4.73. The molecule has 0 radical (unpaired) electrons. The minimum Gasteiger partial charge on any atom is -0.302 e. The first-order chi connectivity index (χ1) is 6.86. The lowest BCUT2D eigenvalue weighted by Gasteiger charge is -2.20. The van der Waals surface area contributed by atoms with Crippen molar-refractivity contribution >= 4 is 11.3 Å². The molecular formula is C10H14F3NS. The topological polar surface area (TPSA) is 12.0 Å². The first kappa shape index (κ1) is 12.5. The van der Waals surface area contributed by atoms with Crippen LogP contribution in [0.4, 0.5) is 13.2 Å². The van der Waals surface area contributed by atoms with Crippen molar-refractivity contribution in [3.05, 3.63) is 21.4 Å². The lowest BCUT2D eigenvalue weighted by atomic mass is 10.1. The van der Waals surface area contributed by atoms with E-state index in [1.54, 1.807) is 19.9 Å². The van der Waals surface area contributed by atoms with Crippen LogP contribution < -0.4 is 5.32 Å². The Bertz CT molecular complexity index is 330. The predicted molar refractivity (Wildman–Crippen MR) is 56.3 cm³/mol. The maximum absolute atomic E-state index is 12.7. The van der Waals surface area contributed by atoms with E-state index in [9.17, 15) is 13.2 Å². The summed E-state index contributed by atoms with van der Waals surface area (Å²) in [7, 11) is 0. The third-order valence-corrected chi connectivity index (χ3v) is 3.29. The van der Waals surface area contributed by atoms with Gasteiger partial charge in [-0.25, -0.2) is 0 Å². The van der Waals surface area contributed by atoms with Gasteiger partial charge in [-0.2, -0.15) is 13.2 Å². The summed E-state index contributed by atoms with van der Waals surface area (Å²) in [4.78, 5) is 1.29. The fourth-order valence-corrected chi connectivity index (χ4v) is 2.64. The van der Waals surface area contributed by atoms with Crippen molar-refractivity contribution < 1.29 is 13.2 Å². The monoisotopic (exact) mass is 237 g/mol. The van der Waals surface area contributed by atoms with Crippen LogP contribution in [0.25, 0.3) is 0 Å². The molecule has 1 N–H and O–H groups in total. The fourth-order valence-electron chi connectivity index (χ4n) is 1.51. The van der Waals surface area contributed by atoms with Crippen molar-refractivity contribution in [2.45, 2.75) is 33.0 Å². The van der Waals surface area contributed by atoms with E-state index in [0.29, 0.717) is 17.0 Å². The van der Waals surface area contributed by atoms with E-state index in [0.717, 1.165) is 4.88 Å². The molecule has 86 valence electrons. The molecule has 1 atom stereocenters. The quantitative estimate of drug-likeness (QED) is 0.847. The molecule has 0 aromatic carbocycles. The highest BCUT2D eigenvalue weighted by Gasteiger charge is 2.41. The maximum atomic E-state index is 12.7. The number of alkyl halides is 3. The maximum Gasteiger partial charge on any atom is 0.408 e. The van der Waals surface area contributed by atoms with Crippen LogP contribution in [0.1, 0.15) is 28.3 Å². The number of halogens is 3. The van der Waals surface area contributed by atoms with Crippen molar-refractivity contribution in [1.82, 2.24) is 5.32 Å². The number of nitrogens with one attached hydrogen (secondary N) is 1. The summed E-state index contributed by atoms with van der Waals surface area (Å²) in [5.41, 5.74) is 0.709. The van der Waals surface area contributed by atoms with Crippen LogP contribution >= 0.6 is 11.3 Å². The Kier molecular flexibility index (Phi) is 3.78. The van der Waals surface area contributed by atoms with Gasteiger partial charge in [0.2, 0.25) is 0 Å². The van der Waals surface area contributed by atoms with E-state index in [4.69, 9.17) is 0 Å². The van der Waals surface area contributed by atoms with Gasteiger partial charge in [0.15, 0.2) is 0 Å². The zero-order chi connectivity index (χ0) is 11.6. The number of rotatable bonds is 3. The Morgan fingerprint density at radius 3 is 2.33 bits per heavy atom. The summed E-state index contributed by atoms with van der Waals surface area (Å²) in [6.07, 6.45) is -4.22. The van der Waals surface area contributed by atoms with Gasteiger partial charge >= 0.3 is 6.18 Å². The highest BCUT2D eigenvalue weighted by molar-refractivity contribution is 7.12. The standard InChI is InChI=1S/C10H14F3NS/c1-4-14-9(10(11,12)13)8-6(2)5-7(3)15-8/h5,9,14H,4H2,1-3H3. The van der Waals surface area contributed by atoms with E-state index in [-0.39, 0.29) is 0 Å². The minimum absolute atomic E-state index is 0.306. The molecule has 0 aliphatic heterocycles. The van der Waals surface area contributed by atoms with Crippen molar-refractivity contribution in [1.29, 1.82) is 0 Å². The van der Waals surface area contributed by atoms with Crippen LogP contribution in [-0.2, 0) is 0 Å². The van der Waals surface area contributed by atoms with Gasteiger partial charge in [-0.15, -0.1) is 11.3 Å². The van der Waals surface area contributed by atoms with Crippen molar-refractivity contribution in [3.8, 4) is 0 Å². The molecule has 0 fully saturated rings. The molecule has 0 amide bonds. The molecular weight excluding hydrogens is 223 g/mol. The molecule has 1 unspecified atom stereocenters. The van der Waals surface area contributed by atoms with Gasteiger partial charge in [0, 0.05) is 9.75 Å². The van der Waals surface area contributed by atoms with Crippen molar-refractivity contribution in [2.24, 2.45) is 0 Å². The molecule has 0 spiro atoms. The number of hydrogen-bond donors (Lipinski definition) is 1. The number of hydrogen-bond acceptors (Lipinski definition) is 2. The molecule has 0 bridgehead atoms. The lowest BCUT2D eigenvalue weighted by Crippen LogP contribution is -2.33. The summed E-state index contributed by atoms with van der Waals surface area (Å²) in [5.74, 6) is 0. The van der Waals surface area contributed by atoms with E-state index in [2.05, 4.69) is 5.32 Å². The van der Waals surface area contributed by atoms with Crippen LogP contribution in [0.5, 0.6) is 0 Å². The Morgan fingerprint density at radius 2 is 2.00 bits per heavy atom. The molecule has 0 aliphatic carbocycles. The number of aryl methyl sites for hydroxylation is 2. The third-order valence-electron chi connectivity index (χ3n) is 2.08. The Labute approximate surface area is 91.3 Å². The summed E-state index contributed by atoms with van der Waals surface area (Å²) in [6.45, 7) is 5.52. The van der Waals surface area contributed by atoms with Gasteiger partial charge < -0.3 is 5.32 Å². The van der Waals surface area contributed by atoms with E-state index < -0.39 is 12.2 Å². The molecule has 0 saturated carbocycles. The predicted octanol–water partition coefficient (Wildman–Crippen LogP) is 3.58. The molecule has 0 aliphatic rings. The van der Waals surface area contributed by atoms with E-state index in [1.807, 2.05) is 6.92 Å². The van der Waals surface area contributed by atoms with Crippen molar-refractivity contribution in [2.75, 3.05) is 6.54 Å². The molecule has 1 heterocycles. The normalized spacial score (nSPS) is 14.3. The second-order valence-corrected chi connectivity index (χ2v) is 4.72. The Balaban J connectivity index is 3.04. The van der Waals surface area contributed by atoms with Crippen LogP contribution in [-0.4, -0.2) is 12.7 Å². The second-order valence-electron chi connectivity index (χ2n) is 3.44. The van der Waals surface area contributed by atoms with Gasteiger partial charge in [0.1, 0.15) is 6.04 Å².